The molecule has 2 heterocycles. The van der Waals surface area contributed by atoms with Crippen LogP contribution in [0, 0.1) is 11.8 Å². The molecule has 4 atom stereocenters. The largest absolute Gasteiger partial charge is 0.508 e. The molecule has 0 spiro atoms. The van der Waals surface area contributed by atoms with Crippen LogP contribution in [0.25, 0.3) is 0 Å². The monoisotopic (exact) mass is 451 g/mol. The summed E-state index contributed by atoms with van der Waals surface area (Å²) in [6.07, 6.45) is 0. The summed E-state index contributed by atoms with van der Waals surface area (Å²) in [5, 5.41) is 23.9. The van der Waals surface area contributed by atoms with E-state index in [4.69, 9.17) is 0 Å². The number of aromatic hydroxyl groups is 1. The highest BCUT2D eigenvalue weighted by atomic mass is 16.4. The summed E-state index contributed by atoms with van der Waals surface area (Å²) in [6.45, 7) is 7.08. The third kappa shape index (κ3) is 3.64. The number of hydrogen-bond donors (Lipinski definition) is 3. The number of amides is 2. The van der Waals surface area contributed by atoms with E-state index in [-0.39, 0.29) is 12.3 Å². The third-order valence-electron chi connectivity index (χ3n) is 6.98. The van der Waals surface area contributed by atoms with Crippen molar-refractivity contribution in [3.63, 3.8) is 0 Å². The molecule has 2 aromatic carbocycles. The summed E-state index contributed by atoms with van der Waals surface area (Å²) in [5.41, 5.74) is 0.384. The van der Waals surface area contributed by atoms with Gasteiger partial charge in [-0.3, -0.25) is 24.6 Å². The zero-order chi connectivity index (χ0) is 23.9. The molecular formula is C25H29N3O5. The van der Waals surface area contributed by atoms with Crippen LogP contribution in [0.3, 0.4) is 0 Å². The number of phenolic OH excluding ortho intramolecular Hbond substituents is 1. The molecule has 0 aliphatic carbocycles. The van der Waals surface area contributed by atoms with E-state index in [0.29, 0.717) is 5.56 Å². The number of nitrogens with one attached hydrogen (secondary N) is 1. The van der Waals surface area contributed by atoms with Crippen molar-refractivity contribution >= 4 is 23.5 Å². The second kappa shape index (κ2) is 8.51. The lowest BCUT2D eigenvalue weighted by atomic mass is 9.80. The molecule has 2 amide bonds. The summed E-state index contributed by atoms with van der Waals surface area (Å²) in [5.74, 6) is -4.17. The molecule has 0 unspecified atom stereocenters. The molecule has 2 fully saturated rings. The molecule has 2 saturated heterocycles. The van der Waals surface area contributed by atoms with Crippen molar-refractivity contribution in [1.82, 2.24) is 10.2 Å². The van der Waals surface area contributed by atoms with E-state index in [1.165, 1.54) is 6.92 Å². The van der Waals surface area contributed by atoms with Crippen LogP contribution < -0.4 is 10.2 Å². The van der Waals surface area contributed by atoms with Crippen LogP contribution in [0.2, 0.25) is 0 Å². The van der Waals surface area contributed by atoms with Crippen LogP contribution in [0.15, 0.2) is 48.5 Å². The standard InChI is InChI=1S/C25H29N3O5/c1-4-27(5-2)16-11-12-17(18(29)13-16)21-19-20(25(3,26-21)24(32)33)23(31)28(22(19)30)14-15-9-7-6-8-10-15/h6-13,19-21,26,29H,4-5,14H2,1-3H3,(H,32,33)/t19-,20-,21+,25+/m1/s1. The van der Waals surface area contributed by atoms with Crippen molar-refractivity contribution in [1.29, 1.82) is 0 Å². The summed E-state index contributed by atoms with van der Waals surface area (Å²) in [6, 6.07) is 13.5. The van der Waals surface area contributed by atoms with Crippen molar-refractivity contribution in [2.45, 2.75) is 38.9 Å². The van der Waals surface area contributed by atoms with Gasteiger partial charge in [0.15, 0.2) is 0 Å². The van der Waals surface area contributed by atoms with Crippen LogP contribution in [0.4, 0.5) is 5.69 Å². The Morgan fingerprint density at radius 2 is 1.76 bits per heavy atom. The first kappa shape index (κ1) is 22.8. The summed E-state index contributed by atoms with van der Waals surface area (Å²) in [4.78, 5) is 42.3. The molecule has 2 aliphatic rings. The quantitative estimate of drug-likeness (QED) is 0.555. The Bertz CT molecular complexity index is 1080. The molecule has 8 heteroatoms. The van der Waals surface area contributed by atoms with Crippen LogP contribution in [-0.2, 0) is 20.9 Å². The minimum atomic E-state index is -1.64. The Morgan fingerprint density at radius 3 is 2.33 bits per heavy atom. The van der Waals surface area contributed by atoms with Gasteiger partial charge in [-0.1, -0.05) is 36.4 Å². The van der Waals surface area contributed by atoms with Crippen molar-refractivity contribution in [3.05, 3.63) is 59.7 Å². The Hall–Kier alpha value is -3.39. The van der Waals surface area contributed by atoms with Gasteiger partial charge in [-0.2, -0.15) is 0 Å². The molecule has 174 valence electrons. The van der Waals surface area contributed by atoms with Crippen LogP contribution in [0.5, 0.6) is 5.75 Å². The lowest BCUT2D eigenvalue weighted by Crippen LogP contribution is -2.53. The number of imide groups is 1. The zero-order valence-electron chi connectivity index (χ0n) is 19.0. The molecule has 33 heavy (non-hydrogen) atoms. The number of rotatable bonds is 7. The minimum Gasteiger partial charge on any atom is -0.508 e. The van der Waals surface area contributed by atoms with E-state index in [1.54, 1.807) is 12.1 Å². The summed E-state index contributed by atoms with van der Waals surface area (Å²) in [7, 11) is 0. The smallest absolute Gasteiger partial charge is 0.324 e. The Labute approximate surface area is 192 Å². The summed E-state index contributed by atoms with van der Waals surface area (Å²) >= 11 is 0. The lowest BCUT2D eigenvalue weighted by Gasteiger charge is -2.28. The SMILES string of the molecule is CCN(CC)c1ccc([C@@H]2N[C@](C)(C(=O)O)[C@H]3C(=O)N(Cc4ccccc4)C(=O)[C@@H]23)c(O)c1. The number of carbonyl (C=O) groups excluding carboxylic acids is 2. The predicted molar refractivity (Wildman–Crippen MR) is 123 cm³/mol. The number of likely N-dealkylation sites (tertiary alicyclic amines) is 1. The van der Waals surface area contributed by atoms with Gasteiger partial charge < -0.3 is 15.1 Å². The van der Waals surface area contributed by atoms with E-state index in [2.05, 4.69) is 10.2 Å². The highest BCUT2D eigenvalue weighted by Crippen LogP contribution is 2.50. The van der Waals surface area contributed by atoms with Gasteiger partial charge in [0.2, 0.25) is 11.8 Å². The van der Waals surface area contributed by atoms with Gasteiger partial charge in [0, 0.05) is 36.4 Å². The number of benzene rings is 2. The van der Waals surface area contributed by atoms with Crippen molar-refractivity contribution in [2.24, 2.45) is 11.8 Å². The molecule has 2 aliphatic heterocycles. The fourth-order valence-corrected chi connectivity index (χ4v) is 5.16. The number of carbonyl (C=O) groups is 3. The molecule has 0 aromatic heterocycles. The van der Waals surface area contributed by atoms with Crippen molar-refractivity contribution in [2.75, 3.05) is 18.0 Å². The second-order valence-corrected chi connectivity index (χ2v) is 8.80. The highest BCUT2D eigenvalue weighted by molar-refractivity contribution is 6.09. The van der Waals surface area contributed by atoms with Crippen molar-refractivity contribution in [3.8, 4) is 5.75 Å². The van der Waals surface area contributed by atoms with E-state index >= 15 is 0 Å². The molecular weight excluding hydrogens is 422 g/mol. The minimum absolute atomic E-state index is 0.0351. The van der Waals surface area contributed by atoms with E-state index in [0.717, 1.165) is 29.2 Å². The van der Waals surface area contributed by atoms with Gasteiger partial charge in [0.1, 0.15) is 11.3 Å². The highest BCUT2D eigenvalue weighted by Gasteiger charge is 2.66. The van der Waals surface area contributed by atoms with E-state index < -0.39 is 41.2 Å². The maximum atomic E-state index is 13.5. The summed E-state index contributed by atoms with van der Waals surface area (Å²) < 4.78 is 0. The van der Waals surface area contributed by atoms with Crippen LogP contribution in [-0.4, -0.2) is 51.5 Å². The van der Waals surface area contributed by atoms with Gasteiger partial charge in [0.05, 0.1) is 18.4 Å². The number of fused-ring (bicyclic) bond motifs is 1. The van der Waals surface area contributed by atoms with Gasteiger partial charge in [0.25, 0.3) is 0 Å². The van der Waals surface area contributed by atoms with E-state index in [9.17, 15) is 24.6 Å². The molecule has 0 bridgehead atoms. The molecule has 0 saturated carbocycles. The Balaban J connectivity index is 1.73. The van der Waals surface area contributed by atoms with Gasteiger partial charge in [-0.25, -0.2) is 0 Å². The van der Waals surface area contributed by atoms with Gasteiger partial charge in [-0.05, 0) is 32.4 Å². The number of hydrogen-bond acceptors (Lipinski definition) is 6. The number of anilines is 1. The number of carboxylic acids is 1. The number of aliphatic carboxylic acids is 1. The van der Waals surface area contributed by atoms with E-state index in [1.807, 2.05) is 50.2 Å². The average Bonchev–Trinajstić information content (AvgIpc) is 3.24. The first-order valence-electron chi connectivity index (χ1n) is 11.2. The predicted octanol–water partition coefficient (Wildman–Crippen LogP) is 2.53. The fourth-order valence-electron chi connectivity index (χ4n) is 5.16. The number of phenols is 1. The maximum Gasteiger partial charge on any atom is 0.324 e. The fraction of sp³-hybridized carbons (Fsp3) is 0.400. The third-order valence-corrected chi connectivity index (χ3v) is 6.98. The normalized spacial score (nSPS) is 26.5. The lowest BCUT2D eigenvalue weighted by molar-refractivity contribution is -0.150. The Morgan fingerprint density at radius 1 is 1.09 bits per heavy atom. The number of carboxylic acid groups (broad SMARTS) is 1. The number of nitrogens with zero attached hydrogens (tertiary/aromatic N) is 2. The van der Waals surface area contributed by atoms with Gasteiger partial charge >= 0.3 is 5.97 Å². The Kier molecular flexibility index (Phi) is 5.88. The molecule has 3 N–H and O–H groups in total. The van der Waals surface area contributed by atoms with Crippen LogP contribution >= 0.6 is 0 Å². The second-order valence-electron chi connectivity index (χ2n) is 8.80. The van der Waals surface area contributed by atoms with Crippen molar-refractivity contribution < 1.29 is 24.6 Å². The molecule has 4 rings (SSSR count). The first-order valence-corrected chi connectivity index (χ1v) is 11.2. The zero-order valence-corrected chi connectivity index (χ0v) is 19.0. The molecule has 2 aromatic rings. The molecule has 0 radical (unpaired) electrons. The topological polar surface area (TPSA) is 110 Å². The van der Waals surface area contributed by atoms with Crippen LogP contribution in [0.1, 0.15) is 37.9 Å². The molecule has 8 nitrogen and oxygen atoms in total. The van der Waals surface area contributed by atoms with Gasteiger partial charge in [-0.15, -0.1) is 0 Å². The maximum absolute atomic E-state index is 13.5. The first-order chi connectivity index (χ1) is 15.7. The average molecular weight is 452 g/mol.